The Bertz CT molecular complexity index is 982. The average Bonchev–Trinajstić information content (AvgIpc) is 3.46. The van der Waals surface area contributed by atoms with E-state index < -0.39 is 0 Å². The maximum atomic E-state index is 4.03. The smallest absolute Gasteiger partial charge is 0.0896 e. The summed E-state index contributed by atoms with van der Waals surface area (Å²) in [6.07, 6.45) is 3.78. The molecule has 7 heteroatoms. The molecule has 0 N–H and O–H groups in total. The van der Waals surface area contributed by atoms with Gasteiger partial charge in [-0.05, 0) is 79.7 Å². The summed E-state index contributed by atoms with van der Waals surface area (Å²) in [6, 6.07) is 8.80. The van der Waals surface area contributed by atoms with Crippen molar-refractivity contribution < 1.29 is 0 Å². The third kappa shape index (κ3) is 9.74. The molecule has 0 radical (unpaired) electrons. The quantitative estimate of drug-likeness (QED) is 0.209. The van der Waals surface area contributed by atoms with Crippen LogP contribution >= 0.6 is 56.7 Å². The molecule has 5 aromatic heterocycles. The van der Waals surface area contributed by atoms with E-state index in [0.717, 1.165) is 10.0 Å². The zero-order chi connectivity index (χ0) is 23.0. The molecule has 5 rings (SSSR count). The molecule has 0 spiro atoms. The second-order valence-electron chi connectivity index (χ2n) is 7.08. The van der Waals surface area contributed by atoms with Gasteiger partial charge in [-0.2, -0.15) is 0 Å². The van der Waals surface area contributed by atoms with Gasteiger partial charge in [-0.25, -0.2) is 9.97 Å². The first kappa shape index (κ1) is 25.9. The lowest BCUT2D eigenvalue weighted by molar-refractivity contribution is 1.28. The van der Waals surface area contributed by atoms with Crippen molar-refractivity contribution in [3.63, 3.8) is 0 Å². The maximum Gasteiger partial charge on any atom is 0.0896 e. The van der Waals surface area contributed by atoms with Gasteiger partial charge in [0.2, 0.25) is 0 Å². The van der Waals surface area contributed by atoms with Gasteiger partial charge in [0, 0.05) is 51.1 Å². The second-order valence-corrected chi connectivity index (χ2v) is 14.0. The van der Waals surface area contributed by atoms with Crippen molar-refractivity contribution in [2.24, 2.45) is 0 Å². The zero-order valence-electron chi connectivity index (χ0n) is 19.4. The molecule has 0 unspecified atom stereocenters. The van der Waals surface area contributed by atoms with E-state index in [0.29, 0.717) is 0 Å². The lowest BCUT2D eigenvalue weighted by Gasteiger charge is -1.74. The van der Waals surface area contributed by atoms with Crippen LogP contribution in [0.5, 0.6) is 0 Å². The topological polar surface area (TPSA) is 25.8 Å². The van der Waals surface area contributed by atoms with E-state index in [1.54, 1.807) is 22.7 Å². The number of thiazole rings is 2. The fraction of sp³-hybridized carbons (Fsp3) is 0.333. The van der Waals surface area contributed by atoms with E-state index in [2.05, 4.69) is 75.8 Å². The van der Waals surface area contributed by atoms with Crippen LogP contribution in [0.15, 0.2) is 36.7 Å². The predicted molar refractivity (Wildman–Crippen MR) is 146 cm³/mol. The summed E-state index contributed by atoms with van der Waals surface area (Å²) in [5.41, 5.74) is 0. The molecule has 0 aliphatic heterocycles. The molecule has 0 atom stereocenters. The van der Waals surface area contributed by atoms with Crippen molar-refractivity contribution in [3.8, 4) is 0 Å². The summed E-state index contributed by atoms with van der Waals surface area (Å²) < 4.78 is 2.89. The Labute approximate surface area is 206 Å². The first-order valence-corrected chi connectivity index (χ1v) is 14.0. The van der Waals surface area contributed by atoms with Gasteiger partial charge in [0.15, 0.2) is 0 Å². The summed E-state index contributed by atoms with van der Waals surface area (Å²) in [5.74, 6) is 0. The average molecular weight is 507 g/mol. The van der Waals surface area contributed by atoms with Gasteiger partial charge in [-0.15, -0.1) is 56.7 Å². The van der Waals surface area contributed by atoms with Crippen molar-refractivity contribution in [2.75, 3.05) is 0 Å². The van der Waals surface area contributed by atoms with Crippen molar-refractivity contribution in [1.82, 2.24) is 9.97 Å². The molecule has 5 aromatic rings. The van der Waals surface area contributed by atoms with E-state index in [4.69, 9.17) is 0 Å². The van der Waals surface area contributed by atoms with Gasteiger partial charge in [0.1, 0.15) is 0 Å². The summed E-state index contributed by atoms with van der Waals surface area (Å²) in [5, 5.41) is 2.30. The van der Waals surface area contributed by atoms with Crippen molar-refractivity contribution in [1.29, 1.82) is 0 Å². The van der Waals surface area contributed by atoms with E-state index >= 15 is 0 Å². The molecule has 5 heterocycles. The normalized spacial score (nSPS) is 9.94. The minimum Gasteiger partial charge on any atom is -0.250 e. The molecular weight excluding hydrogens is 477 g/mol. The van der Waals surface area contributed by atoms with Crippen LogP contribution in [0.3, 0.4) is 0 Å². The van der Waals surface area contributed by atoms with Crippen LogP contribution in [-0.2, 0) is 0 Å². The fourth-order valence-electron chi connectivity index (χ4n) is 2.57. The second kappa shape index (κ2) is 12.6. The maximum absolute atomic E-state index is 4.03. The van der Waals surface area contributed by atoms with Crippen LogP contribution in [-0.4, -0.2) is 9.97 Å². The lowest BCUT2D eigenvalue weighted by atomic mass is 10.4. The third-order valence-electron chi connectivity index (χ3n) is 3.80. The highest BCUT2D eigenvalue weighted by Gasteiger charge is 2.00. The number of nitrogens with zero attached hydrogens (tertiary/aromatic N) is 2. The monoisotopic (exact) mass is 506 g/mol. The standard InChI is InChI=1S/C8H8S2.C6H8S.2C5H7NS/c1-5-3-7-8(9-5)4-6(2)10-7;1-5-3-4-6(2)7-5;2*1-4-3-6-5(2)7-4/h3-4H,1-2H3;3-4H,1-2H3;2*3H,1-2H3. The summed E-state index contributed by atoms with van der Waals surface area (Å²) in [7, 11) is 0. The van der Waals surface area contributed by atoms with Crippen LogP contribution in [0.1, 0.15) is 39.3 Å². The highest BCUT2D eigenvalue weighted by atomic mass is 32.1. The van der Waals surface area contributed by atoms with Crippen LogP contribution in [0.4, 0.5) is 0 Å². The van der Waals surface area contributed by atoms with Gasteiger partial charge in [-0.1, -0.05) is 0 Å². The van der Waals surface area contributed by atoms with Crippen molar-refractivity contribution in [3.05, 3.63) is 75.9 Å². The van der Waals surface area contributed by atoms with E-state index in [1.807, 2.05) is 60.3 Å². The van der Waals surface area contributed by atoms with Gasteiger partial charge >= 0.3 is 0 Å². The van der Waals surface area contributed by atoms with Crippen molar-refractivity contribution in [2.45, 2.75) is 55.4 Å². The Hall–Kier alpha value is -1.38. The SMILES string of the molecule is Cc1cc2sc(C)cc2s1.Cc1ccc(C)s1.Cc1cnc(C)s1.Cc1cnc(C)s1. The number of rotatable bonds is 0. The van der Waals surface area contributed by atoms with Crippen LogP contribution in [0.2, 0.25) is 0 Å². The minimum absolute atomic E-state index is 1.15. The number of fused-ring (bicyclic) bond motifs is 1. The number of hydrogen-bond donors (Lipinski definition) is 0. The Morgan fingerprint density at radius 1 is 0.452 bits per heavy atom. The summed E-state index contributed by atoms with van der Waals surface area (Å²) in [6.45, 7) is 16.7. The molecule has 0 fully saturated rings. The van der Waals surface area contributed by atoms with Gasteiger partial charge in [-0.3, -0.25) is 0 Å². The van der Waals surface area contributed by atoms with Gasteiger partial charge in [0.05, 0.1) is 10.0 Å². The number of aromatic nitrogens is 2. The summed E-state index contributed by atoms with van der Waals surface area (Å²) >= 11 is 9.07. The zero-order valence-corrected chi connectivity index (χ0v) is 23.5. The molecule has 166 valence electrons. The lowest BCUT2D eigenvalue weighted by Crippen LogP contribution is -1.57. The Balaban J connectivity index is 0.000000149. The van der Waals surface area contributed by atoms with Crippen molar-refractivity contribution >= 4 is 66.1 Å². The van der Waals surface area contributed by atoms with Crippen LogP contribution in [0.25, 0.3) is 9.40 Å². The Morgan fingerprint density at radius 3 is 1.03 bits per heavy atom. The number of hydrogen-bond acceptors (Lipinski definition) is 7. The molecule has 31 heavy (non-hydrogen) atoms. The van der Waals surface area contributed by atoms with E-state index in [9.17, 15) is 0 Å². The predicted octanol–water partition coefficient (Wildman–Crippen LogP) is 9.46. The molecule has 0 aliphatic rings. The molecule has 2 nitrogen and oxygen atoms in total. The Morgan fingerprint density at radius 2 is 0.839 bits per heavy atom. The van der Waals surface area contributed by atoms with Crippen LogP contribution in [0, 0.1) is 55.4 Å². The fourth-order valence-corrected chi connectivity index (χ4v) is 6.94. The Kier molecular flexibility index (Phi) is 10.5. The van der Waals surface area contributed by atoms with Crippen LogP contribution < -0.4 is 0 Å². The third-order valence-corrected chi connectivity index (χ3v) is 8.50. The molecule has 0 saturated carbocycles. The van der Waals surface area contributed by atoms with E-state index in [1.165, 1.54) is 38.7 Å². The highest BCUT2D eigenvalue weighted by molar-refractivity contribution is 7.27. The van der Waals surface area contributed by atoms with Gasteiger partial charge in [0.25, 0.3) is 0 Å². The molecule has 0 amide bonds. The largest absolute Gasteiger partial charge is 0.250 e. The first-order chi connectivity index (χ1) is 14.6. The van der Waals surface area contributed by atoms with Gasteiger partial charge < -0.3 is 0 Å². The molecule has 0 aliphatic carbocycles. The minimum atomic E-state index is 1.15. The summed E-state index contributed by atoms with van der Waals surface area (Å²) in [4.78, 5) is 16.3. The van der Waals surface area contributed by atoms with E-state index in [-0.39, 0.29) is 0 Å². The number of aryl methyl sites for hydroxylation is 8. The molecular formula is C24H30N2S5. The number of thiophene rings is 3. The highest BCUT2D eigenvalue weighted by Crippen LogP contribution is 2.31. The molecule has 0 bridgehead atoms. The first-order valence-electron chi connectivity index (χ1n) is 9.90. The molecule has 0 saturated heterocycles. The molecule has 0 aromatic carbocycles.